The molecular weight excluding hydrogens is 116 g/mol. The molecule has 2 nitrogen and oxygen atoms in total. The summed E-state index contributed by atoms with van der Waals surface area (Å²) in [4.78, 5) is 0. The molecule has 0 fully saturated rings. The Hall–Kier alpha value is -0.0800. The smallest absolute Gasteiger partial charge is 0.0595 e. The Morgan fingerprint density at radius 1 is 1.44 bits per heavy atom. The lowest BCUT2D eigenvalue weighted by molar-refractivity contribution is 0.0440. The molecule has 2 N–H and O–H groups in total. The van der Waals surface area contributed by atoms with E-state index in [1.54, 1.807) is 13.8 Å². The highest BCUT2D eigenvalue weighted by molar-refractivity contribution is 4.68. The number of hydrogen-bond donors (Lipinski definition) is 2. The molecule has 0 heterocycles. The van der Waals surface area contributed by atoms with Gasteiger partial charge in [0.05, 0.1) is 5.60 Å². The van der Waals surface area contributed by atoms with Gasteiger partial charge in [-0.1, -0.05) is 6.92 Å². The molecule has 0 saturated heterocycles. The second kappa shape index (κ2) is 3.18. The SMILES string of the molecule is C[C@@H](CO)CC(C)(C)O. The standard InChI is InChI=1S/C7H16O2/c1-6(5-8)4-7(2,3)9/h6,8-9H,4-5H2,1-3H3/t6-/m1/s1. The van der Waals surface area contributed by atoms with Gasteiger partial charge in [0, 0.05) is 6.61 Å². The van der Waals surface area contributed by atoms with Crippen molar-refractivity contribution in [2.24, 2.45) is 5.92 Å². The van der Waals surface area contributed by atoms with Gasteiger partial charge in [0.1, 0.15) is 0 Å². The van der Waals surface area contributed by atoms with Crippen LogP contribution in [0, 0.1) is 5.92 Å². The zero-order valence-electron chi connectivity index (χ0n) is 6.39. The van der Waals surface area contributed by atoms with Gasteiger partial charge in [0.2, 0.25) is 0 Å². The first-order chi connectivity index (χ1) is 3.95. The minimum Gasteiger partial charge on any atom is -0.396 e. The fourth-order valence-corrected chi connectivity index (χ4v) is 0.917. The molecule has 0 aliphatic rings. The Balaban J connectivity index is 3.47. The molecule has 0 aromatic heterocycles. The summed E-state index contributed by atoms with van der Waals surface area (Å²) in [6.45, 7) is 5.57. The maximum Gasteiger partial charge on any atom is 0.0595 e. The van der Waals surface area contributed by atoms with Crippen LogP contribution in [0.2, 0.25) is 0 Å². The van der Waals surface area contributed by atoms with Gasteiger partial charge < -0.3 is 10.2 Å². The largest absolute Gasteiger partial charge is 0.396 e. The van der Waals surface area contributed by atoms with Crippen molar-refractivity contribution < 1.29 is 10.2 Å². The van der Waals surface area contributed by atoms with E-state index >= 15 is 0 Å². The lowest BCUT2D eigenvalue weighted by Gasteiger charge is -2.20. The summed E-state index contributed by atoms with van der Waals surface area (Å²) in [6, 6.07) is 0. The van der Waals surface area contributed by atoms with Crippen molar-refractivity contribution in [3.05, 3.63) is 0 Å². The van der Waals surface area contributed by atoms with E-state index in [1.807, 2.05) is 6.92 Å². The van der Waals surface area contributed by atoms with Gasteiger partial charge in [0.15, 0.2) is 0 Å². The lowest BCUT2D eigenvalue weighted by Crippen LogP contribution is -2.23. The third kappa shape index (κ3) is 5.80. The van der Waals surface area contributed by atoms with Crippen LogP contribution in [0.15, 0.2) is 0 Å². The highest BCUT2D eigenvalue weighted by Crippen LogP contribution is 2.14. The molecule has 0 radical (unpaired) electrons. The number of hydrogen-bond acceptors (Lipinski definition) is 2. The van der Waals surface area contributed by atoms with Gasteiger partial charge >= 0.3 is 0 Å². The molecule has 0 bridgehead atoms. The van der Waals surface area contributed by atoms with Crippen LogP contribution < -0.4 is 0 Å². The van der Waals surface area contributed by atoms with Gasteiger partial charge in [-0.05, 0) is 26.2 Å². The van der Waals surface area contributed by atoms with Gasteiger partial charge in [-0.2, -0.15) is 0 Å². The maximum atomic E-state index is 9.21. The Bertz CT molecular complexity index is 73.5. The quantitative estimate of drug-likeness (QED) is 0.595. The van der Waals surface area contributed by atoms with Crippen LogP contribution in [0.1, 0.15) is 27.2 Å². The first kappa shape index (κ1) is 8.92. The topological polar surface area (TPSA) is 40.5 Å². The van der Waals surface area contributed by atoms with E-state index in [0.717, 1.165) is 0 Å². The van der Waals surface area contributed by atoms with Crippen LogP contribution in [0.3, 0.4) is 0 Å². The Morgan fingerprint density at radius 3 is 2.00 bits per heavy atom. The van der Waals surface area contributed by atoms with E-state index in [9.17, 15) is 5.11 Å². The molecule has 0 spiro atoms. The maximum absolute atomic E-state index is 9.21. The van der Waals surface area contributed by atoms with E-state index in [4.69, 9.17) is 5.11 Å². The third-order valence-electron chi connectivity index (χ3n) is 1.16. The Morgan fingerprint density at radius 2 is 1.89 bits per heavy atom. The summed E-state index contributed by atoms with van der Waals surface area (Å²) in [7, 11) is 0. The lowest BCUT2D eigenvalue weighted by atomic mass is 9.96. The van der Waals surface area contributed by atoms with E-state index in [0.29, 0.717) is 6.42 Å². The number of aliphatic hydroxyl groups is 2. The van der Waals surface area contributed by atoms with Crippen molar-refractivity contribution in [1.29, 1.82) is 0 Å². The van der Waals surface area contributed by atoms with E-state index in [1.165, 1.54) is 0 Å². The highest BCUT2D eigenvalue weighted by Gasteiger charge is 2.15. The van der Waals surface area contributed by atoms with Gasteiger partial charge in [-0.15, -0.1) is 0 Å². The van der Waals surface area contributed by atoms with E-state index in [2.05, 4.69) is 0 Å². The number of rotatable bonds is 3. The highest BCUT2D eigenvalue weighted by atomic mass is 16.3. The van der Waals surface area contributed by atoms with Crippen molar-refractivity contribution in [3.63, 3.8) is 0 Å². The van der Waals surface area contributed by atoms with Gasteiger partial charge in [-0.25, -0.2) is 0 Å². The van der Waals surface area contributed by atoms with Crippen molar-refractivity contribution in [2.75, 3.05) is 6.61 Å². The first-order valence-electron chi connectivity index (χ1n) is 3.29. The summed E-state index contributed by atoms with van der Waals surface area (Å²) in [5.74, 6) is 0.199. The second-order valence-corrected chi connectivity index (χ2v) is 3.30. The first-order valence-corrected chi connectivity index (χ1v) is 3.29. The van der Waals surface area contributed by atoms with E-state index < -0.39 is 5.60 Å². The minimum absolute atomic E-state index is 0.157. The normalized spacial score (nSPS) is 15.7. The van der Waals surface area contributed by atoms with Crippen molar-refractivity contribution in [3.8, 4) is 0 Å². The van der Waals surface area contributed by atoms with E-state index in [-0.39, 0.29) is 12.5 Å². The molecule has 0 aliphatic carbocycles. The molecule has 0 aromatic carbocycles. The third-order valence-corrected chi connectivity index (χ3v) is 1.16. The molecule has 0 aromatic rings. The fourth-order valence-electron chi connectivity index (χ4n) is 0.917. The summed E-state index contributed by atoms with van der Waals surface area (Å²) in [6.07, 6.45) is 0.656. The average Bonchev–Trinajstić information content (AvgIpc) is 1.62. The van der Waals surface area contributed by atoms with Gasteiger partial charge in [0.25, 0.3) is 0 Å². The summed E-state index contributed by atoms with van der Waals surface area (Å²) in [5.41, 5.74) is -0.637. The van der Waals surface area contributed by atoms with Crippen LogP contribution in [-0.2, 0) is 0 Å². The minimum atomic E-state index is -0.637. The molecular formula is C7H16O2. The molecule has 0 rings (SSSR count). The zero-order valence-corrected chi connectivity index (χ0v) is 6.39. The number of aliphatic hydroxyl groups excluding tert-OH is 1. The molecule has 0 unspecified atom stereocenters. The molecule has 9 heavy (non-hydrogen) atoms. The van der Waals surface area contributed by atoms with Crippen LogP contribution in [-0.4, -0.2) is 22.4 Å². The zero-order chi connectivity index (χ0) is 7.49. The second-order valence-electron chi connectivity index (χ2n) is 3.30. The summed E-state index contributed by atoms with van der Waals surface area (Å²) >= 11 is 0. The van der Waals surface area contributed by atoms with Crippen LogP contribution >= 0.6 is 0 Å². The van der Waals surface area contributed by atoms with Crippen molar-refractivity contribution >= 4 is 0 Å². The molecule has 0 aliphatic heterocycles. The predicted molar refractivity (Wildman–Crippen MR) is 37.2 cm³/mol. The molecule has 1 atom stereocenters. The Labute approximate surface area is 56.5 Å². The summed E-state index contributed by atoms with van der Waals surface area (Å²) in [5, 5.41) is 17.8. The fraction of sp³-hybridized carbons (Fsp3) is 1.00. The molecule has 56 valence electrons. The Kier molecular flexibility index (Phi) is 3.15. The van der Waals surface area contributed by atoms with Crippen LogP contribution in [0.5, 0.6) is 0 Å². The predicted octanol–water partition coefficient (Wildman–Crippen LogP) is 0.776. The van der Waals surface area contributed by atoms with Crippen LogP contribution in [0.4, 0.5) is 0 Å². The van der Waals surface area contributed by atoms with Crippen molar-refractivity contribution in [2.45, 2.75) is 32.8 Å². The van der Waals surface area contributed by atoms with Gasteiger partial charge in [-0.3, -0.25) is 0 Å². The average molecular weight is 132 g/mol. The van der Waals surface area contributed by atoms with Crippen molar-refractivity contribution in [1.82, 2.24) is 0 Å². The summed E-state index contributed by atoms with van der Waals surface area (Å²) < 4.78 is 0. The molecule has 2 heteroatoms. The monoisotopic (exact) mass is 132 g/mol. The molecule has 0 amide bonds. The molecule has 0 saturated carbocycles. The van der Waals surface area contributed by atoms with Crippen LogP contribution in [0.25, 0.3) is 0 Å².